The minimum Gasteiger partial charge on any atom is -0.400 e. The number of rotatable bonds is 4. The van der Waals surface area contributed by atoms with Crippen LogP contribution in [0.1, 0.15) is 43.4 Å². The van der Waals surface area contributed by atoms with E-state index in [2.05, 4.69) is 10.4 Å². The Morgan fingerprint density at radius 1 is 1.18 bits per heavy atom. The molecule has 0 saturated carbocycles. The Kier molecular flexibility index (Phi) is 10.6. The maximum absolute atomic E-state index is 13.5. The molecular weight excluding hydrogens is 553 g/mol. The number of nitrogens with zero attached hydrogens (tertiary/aromatic N) is 3. The number of hydrogen-bond acceptors (Lipinski definition) is 6. The number of imide groups is 1. The number of amides is 2. The number of aliphatic hydroxyl groups excluding tert-OH is 1. The van der Waals surface area contributed by atoms with Gasteiger partial charge in [0.2, 0.25) is 0 Å². The van der Waals surface area contributed by atoms with Gasteiger partial charge in [0.15, 0.2) is 0 Å². The van der Waals surface area contributed by atoms with E-state index in [1.807, 2.05) is 13.8 Å². The van der Waals surface area contributed by atoms with Gasteiger partial charge in [0.25, 0.3) is 11.1 Å². The van der Waals surface area contributed by atoms with E-state index >= 15 is 0 Å². The van der Waals surface area contributed by atoms with Crippen LogP contribution in [0, 0.1) is 0 Å². The smallest absolute Gasteiger partial charge is 0.400 e. The van der Waals surface area contributed by atoms with Crippen LogP contribution in [0.4, 0.5) is 18.0 Å². The van der Waals surface area contributed by atoms with Crippen LogP contribution in [0.25, 0.3) is 17.0 Å². The molecule has 2 amide bonds. The highest BCUT2D eigenvalue weighted by molar-refractivity contribution is 8.18. The van der Waals surface area contributed by atoms with E-state index in [-0.39, 0.29) is 34.3 Å². The summed E-state index contributed by atoms with van der Waals surface area (Å²) in [6, 6.07) is 8.84. The van der Waals surface area contributed by atoms with E-state index in [0.29, 0.717) is 27.9 Å². The van der Waals surface area contributed by atoms with E-state index < -0.39 is 11.7 Å². The Labute approximate surface area is 234 Å². The van der Waals surface area contributed by atoms with Gasteiger partial charge in [-0.25, -0.2) is 0 Å². The van der Waals surface area contributed by atoms with E-state index in [1.165, 1.54) is 21.7 Å². The summed E-state index contributed by atoms with van der Waals surface area (Å²) in [5.41, 5.74) is 0.606. The molecule has 0 unspecified atom stereocenters. The molecular formula is C27H30ClF3N4O3S. The molecule has 0 aliphatic carbocycles. The zero-order valence-electron chi connectivity index (χ0n) is 21.8. The Morgan fingerprint density at radius 2 is 1.92 bits per heavy atom. The molecule has 3 aromatic rings. The second-order valence-corrected chi connectivity index (χ2v) is 9.90. The van der Waals surface area contributed by atoms with Gasteiger partial charge in [0, 0.05) is 24.1 Å². The van der Waals surface area contributed by atoms with Gasteiger partial charge in [-0.3, -0.25) is 19.2 Å². The monoisotopic (exact) mass is 582 g/mol. The number of hydrogen-bond donors (Lipinski definition) is 2. The highest BCUT2D eigenvalue weighted by Crippen LogP contribution is 2.36. The number of aliphatic hydroxyl groups is 1. The zero-order valence-corrected chi connectivity index (χ0v) is 23.3. The first-order chi connectivity index (χ1) is 18.7. The SMILES string of the molecule is CC.CO.O=C1S/C(=C\c2ccc3c(cnn3Cc3ccc(Cl)cc3C(F)(F)F)c2)C(=O)N1[C@@H]1CCCNC1. The standard InChI is InChI=1S/C24H20ClF3N4O2S.C2H6.CH4O/c25-17-5-4-15(19(10-17)24(26,27)28)13-31-20-6-3-14(8-16(20)11-30-31)9-21-22(33)32(23(34)35-21)18-2-1-7-29-12-18;2*1-2/h3-6,8-11,18,29H,1-2,7,12-13H2;1-2H3;2H,1H3/b21-9-;;/t18-;;/m1../s1. The summed E-state index contributed by atoms with van der Waals surface area (Å²) in [6.45, 7) is 5.40. The first kappa shape index (κ1) is 30.7. The third kappa shape index (κ3) is 7.02. The number of benzene rings is 2. The number of nitrogens with one attached hydrogen (secondary N) is 1. The molecule has 0 spiro atoms. The second-order valence-electron chi connectivity index (χ2n) is 8.47. The van der Waals surface area contributed by atoms with Crippen LogP contribution < -0.4 is 5.32 Å². The lowest BCUT2D eigenvalue weighted by molar-refractivity contribution is -0.138. The number of halogens is 4. The minimum absolute atomic E-state index is 0.0141. The van der Waals surface area contributed by atoms with Crippen molar-refractivity contribution in [3.8, 4) is 0 Å². The number of aromatic nitrogens is 2. The van der Waals surface area contributed by atoms with Crippen molar-refractivity contribution < 1.29 is 27.9 Å². The molecule has 2 fully saturated rings. The van der Waals surface area contributed by atoms with Gasteiger partial charge in [-0.05, 0) is 72.6 Å². The maximum Gasteiger partial charge on any atom is 0.416 e. The van der Waals surface area contributed by atoms with Crippen LogP contribution in [0.5, 0.6) is 0 Å². The molecule has 2 aliphatic heterocycles. The van der Waals surface area contributed by atoms with Crippen LogP contribution >= 0.6 is 23.4 Å². The molecule has 0 radical (unpaired) electrons. The molecule has 5 rings (SSSR count). The van der Waals surface area contributed by atoms with E-state index in [1.54, 1.807) is 30.5 Å². The van der Waals surface area contributed by atoms with Gasteiger partial charge in [-0.2, -0.15) is 18.3 Å². The summed E-state index contributed by atoms with van der Waals surface area (Å²) in [4.78, 5) is 27.1. The average Bonchev–Trinajstić information content (AvgIpc) is 3.46. The molecule has 2 N–H and O–H groups in total. The number of thioether (sulfide) groups is 1. The van der Waals surface area contributed by atoms with E-state index in [4.69, 9.17) is 16.7 Å². The van der Waals surface area contributed by atoms with Crippen molar-refractivity contribution in [1.29, 1.82) is 0 Å². The van der Waals surface area contributed by atoms with Crippen molar-refractivity contribution in [3.05, 3.63) is 69.2 Å². The lowest BCUT2D eigenvalue weighted by Gasteiger charge is -2.29. The van der Waals surface area contributed by atoms with Crippen molar-refractivity contribution in [1.82, 2.24) is 20.0 Å². The van der Waals surface area contributed by atoms with Crippen molar-refractivity contribution in [2.24, 2.45) is 0 Å². The van der Waals surface area contributed by atoms with Crippen molar-refractivity contribution >= 4 is 51.5 Å². The van der Waals surface area contributed by atoms with Gasteiger partial charge >= 0.3 is 6.18 Å². The lowest BCUT2D eigenvalue weighted by atomic mass is 10.1. The molecule has 12 heteroatoms. The lowest BCUT2D eigenvalue weighted by Crippen LogP contribution is -2.47. The fraction of sp³-hybridized carbons (Fsp3) is 0.370. The Morgan fingerprint density at radius 3 is 2.59 bits per heavy atom. The summed E-state index contributed by atoms with van der Waals surface area (Å²) in [5.74, 6) is -0.299. The van der Waals surface area contributed by atoms with Crippen LogP contribution in [-0.2, 0) is 17.5 Å². The number of piperidine rings is 1. The van der Waals surface area contributed by atoms with Crippen LogP contribution in [-0.4, -0.2) is 57.2 Å². The fourth-order valence-electron chi connectivity index (χ4n) is 4.43. The topological polar surface area (TPSA) is 87.5 Å². The molecule has 39 heavy (non-hydrogen) atoms. The molecule has 2 aliphatic rings. The summed E-state index contributed by atoms with van der Waals surface area (Å²) >= 11 is 6.70. The second kappa shape index (κ2) is 13.5. The van der Waals surface area contributed by atoms with Gasteiger partial charge in [-0.1, -0.05) is 37.6 Å². The van der Waals surface area contributed by atoms with Crippen molar-refractivity contribution in [2.75, 3.05) is 20.2 Å². The number of carbonyl (C=O) groups is 2. The predicted molar refractivity (Wildman–Crippen MR) is 148 cm³/mol. The zero-order chi connectivity index (χ0) is 28.7. The maximum atomic E-state index is 13.5. The normalized spacial score (nSPS) is 18.6. The first-order valence-electron chi connectivity index (χ1n) is 12.4. The van der Waals surface area contributed by atoms with E-state index in [0.717, 1.165) is 44.3 Å². The quantitative estimate of drug-likeness (QED) is 0.357. The van der Waals surface area contributed by atoms with E-state index in [9.17, 15) is 22.8 Å². The molecule has 2 saturated heterocycles. The van der Waals surface area contributed by atoms with Crippen LogP contribution in [0.2, 0.25) is 5.02 Å². The molecule has 1 atom stereocenters. The largest absolute Gasteiger partial charge is 0.416 e. The third-order valence-corrected chi connectivity index (χ3v) is 7.24. The molecule has 0 bridgehead atoms. The van der Waals surface area contributed by atoms with Crippen molar-refractivity contribution in [2.45, 2.75) is 45.5 Å². The number of alkyl halides is 3. The first-order valence-corrected chi connectivity index (χ1v) is 13.6. The molecule has 1 aromatic heterocycles. The molecule has 7 nitrogen and oxygen atoms in total. The van der Waals surface area contributed by atoms with Gasteiger partial charge in [0.05, 0.1) is 34.8 Å². The highest BCUT2D eigenvalue weighted by Gasteiger charge is 2.40. The third-order valence-electron chi connectivity index (χ3n) is 6.12. The average molecular weight is 583 g/mol. The summed E-state index contributed by atoms with van der Waals surface area (Å²) in [7, 11) is 1.00. The van der Waals surface area contributed by atoms with Crippen LogP contribution in [0.15, 0.2) is 47.5 Å². The Balaban J connectivity index is 0.00000100. The number of carbonyl (C=O) groups excluding carboxylic acids is 2. The Hall–Kier alpha value is -2.86. The summed E-state index contributed by atoms with van der Waals surface area (Å²) in [6.07, 6.45) is 0.390. The van der Waals surface area contributed by atoms with Gasteiger partial charge < -0.3 is 10.4 Å². The van der Waals surface area contributed by atoms with Crippen LogP contribution in [0.3, 0.4) is 0 Å². The minimum atomic E-state index is -4.53. The molecule has 2 aromatic carbocycles. The highest BCUT2D eigenvalue weighted by atomic mass is 35.5. The fourth-order valence-corrected chi connectivity index (χ4v) is 5.50. The molecule has 210 valence electrons. The van der Waals surface area contributed by atoms with Crippen molar-refractivity contribution in [3.63, 3.8) is 0 Å². The predicted octanol–water partition coefficient (Wildman–Crippen LogP) is 6.18. The summed E-state index contributed by atoms with van der Waals surface area (Å²) in [5, 5.41) is 14.9. The Bertz CT molecular complexity index is 1350. The number of fused-ring (bicyclic) bond motifs is 1. The molecule has 3 heterocycles. The summed E-state index contributed by atoms with van der Waals surface area (Å²) < 4.78 is 41.9. The van der Waals surface area contributed by atoms with Gasteiger partial charge in [-0.15, -0.1) is 0 Å². The van der Waals surface area contributed by atoms with Gasteiger partial charge in [0.1, 0.15) is 0 Å².